The summed E-state index contributed by atoms with van der Waals surface area (Å²) < 4.78 is 25.2. The Hall–Kier alpha value is 0.419. The SMILES string of the molecule is CCC[CH2][Sn](/[CH]=C/C(OC)[C@@H]1OC(C)(C)OC[C@@H]1C)([CH2]CCC)[CH2]CCC. The summed E-state index contributed by atoms with van der Waals surface area (Å²) in [5, 5.41) is 0. The van der Waals surface area contributed by atoms with Gasteiger partial charge in [-0.1, -0.05) is 0 Å². The van der Waals surface area contributed by atoms with E-state index in [9.17, 15) is 0 Å². The average Bonchev–Trinajstić information content (AvgIpc) is 2.65. The Morgan fingerprint density at radius 1 is 1.04 bits per heavy atom. The molecule has 3 atom stereocenters. The van der Waals surface area contributed by atoms with E-state index in [1.807, 2.05) is 21.0 Å². The Balaban J connectivity index is 3.00. The molecule has 0 aliphatic carbocycles. The number of unbranched alkanes of at least 4 members (excludes halogenated alkanes) is 3. The van der Waals surface area contributed by atoms with E-state index in [0.29, 0.717) is 5.92 Å². The molecule has 0 spiro atoms. The summed E-state index contributed by atoms with van der Waals surface area (Å²) in [5.41, 5.74) is 0. The van der Waals surface area contributed by atoms with Crippen LogP contribution in [0, 0.1) is 5.92 Å². The zero-order valence-corrected chi connectivity index (χ0v) is 22.0. The standard InChI is InChI=1S/C11H19O3.3C4H9.Sn/c1-6-9(12-5)10-8(2)7-13-11(3,4)14-10;3*1-3-4-2;/h1,6,8-10H,7H2,2-5H3;3*1,3-4H2,2H3;/t8-,9?,10+;;;;/m0..../s1. The summed E-state index contributed by atoms with van der Waals surface area (Å²) in [7, 11) is 1.83. The average molecular weight is 489 g/mol. The van der Waals surface area contributed by atoms with Gasteiger partial charge in [-0.05, 0) is 0 Å². The van der Waals surface area contributed by atoms with E-state index in [4.69, 9.17) is 14.2 Å². The number of hydrogen-bond donors (Lipinski definition) is 0. The molecule has 0 aromatic carbocycles. The van der Waals surface area contributed by atoms with E-state index in [-0.39, 0.29) is 12.2 Å². The van der Waals surface area contributed by atoms with Crippen molar-refractivity contribution in [3.63, 3.8) is 0 Å². The summed E-state index contributed by atoms with van der Waals surface area (Å²) in [4.78, 5) is 0. The van der Waals surface area contributed by atoms with Crippen LogP contribution in [-0.4, -0.2) is 50.1 Å². The van der Waals surface area contributed by atoms with Crippen molar-refractivity contribution in [2.45, 2.75) is 111 Å². The molecule has 0 N–H and O–H groups in total. The van der Waals surface area contributed by atoms with Crippen molar-refractivity contribution in [1.82, 2.24) is 0 Å². The fourth-order valence-corrected chi connectivity index (χ4v) is 18.5. The zero-order valence-electron chi connectivity index (χ0n) is 19.2. The minimum absolute atomic E-state index is 0.0316. The van der Waals surface area contributed by atoms with Crippen LogP contribution in [0.25, 0.3) is 0 Å². The van der Waals surface area contributed by atoms with Gasteiger partial charge in [0.1, 0.15) is 0 Å². The quantitative estimate of drug-likeness (QED) is 0.269. The van der Waals surface area contributed by atoms with Crippen molar-refractivity contribution in [2.75, 3.05) is 13.7 Å². The maximum atomic E-state index is 6.27. The summed E-state index contributed by atoms with van der Waals surface area (Å²) in [6.07, 6.45) is 10.6. The predicted molar refractivity (Wildman–Crippen MR) is 119 cm³/mol. The van der Waals surface area contributed by atoms with Crippen LogP contribution < -0.4 is 0 Å². The zero-order chi connectivity index (χ0) is 20.3. The molecule has 3 nitrogen and oxygen atoms in total. The molecule has 27 heavy (non-hydrogen) atoms. The van der Waals surface area contributed by atoms with Crippen molar-refractivity contribution in [3.05, 3.63) is 10.2 Å². The second kappa shape index (κ2) is 12.9. The molecule has 1 rings (SSSR count). The molecule has 1 aliphatic rings. The molecule has 1 heterocycles. The first-order valence-electron chi connectivity index (χ1n) is 11.4. The molecule has 1 fully saturated rings. The van der Waals surface area contributed by atoms with Gasteiger partial charge in [-0.3, -0.25) is 0 Å². The minimum atomic E-state index is -2.28. The van der Waals surface area contributed by atoms with Crippen LogP contribution in [0.1, 0.15) is 80.1 Å². The van der Waals surface area contributed by atoms with Crippen molar-refractivity contribution < 1.29 is 14.2 Å². The summed E-state index contributed by atoms with van der Waals surface area (Å²) in [6.45, 7) is 14.0. The predicted octanol–water partition coefficient (Wildman–Crippen LogP) is 6.73. The second-order valence-electron chi connectivity index (χ2n) is 9.00. The topological polar surface area (TPSA) is 27.7 Å². The molecule has 0 aromatic heterocycles. The van der Waals surface area contributed by atoms with Crippen LogP contribution >= 0.6 is 0 Å². The summed E-state index contributed by atoms with van der Waals surface area (Å²) in [5.74, 6) is -0.173. The first-order chi connectivity index (χ1) is 12.8. The molecule has 0 bridgehead atoms. The number of methoxy groups -OCH3 is 1. The Morgan fingerprint density at radius 3 is 2.00 bits per heavy atom. The number of ether oxygens (including phenoxy) is 3. The molecule has 0 amide bonds. The van der Waals surface area contributed by atoms with Gasteiger partial charge in [0.2, 0.25) is 0 Å². The van der Waals surface area contributed by atoms with E-state index < -0.39 is 24.2 Å². The van der Waals surface area contributed by atoms with Gasteiger partial charge in [-0.15, -0.1) is 0 Å². The van der Waals surface area contributed by atoms with Gasteiger partial charge in [-0.25, -0.2) is 0 Å². The monoisotopic (exact) mass is 490 g/mol. The normalized spacial score (nSPS) is 24.4. The summed E-state index contributed by atoms with van der Waals surface area (Å²) >= 11 is -2.28. The fourth-order valence-electron chi connectivity index (χ4n) is 4.13. The molecule has 160 valence electrons. The molecule has 0 radical (unpaired) electrons. The van der Waals surface area contributed by atoms with E-state index in [0.717, 1.165) is 6.61 Å². The van der Waals surface area contributed by atoms with E-state index in [2.05, 4.69) is 37.9 Å². The molecule has 1 saturated heterocycles. The van der Waals surface area contributed by atoms with Crippen LogP contribution in [0.5, 0.6) is 0 Å². The first kappa shape index (κ1) is 25.5. The van der Waals surface area contributed by atoms with Crippen molar-refractivity contribution in [2.24, 2.45) is 5.92 Å². The van der Waals surface area contributed by atoms with Gasteiger partial charge in [-0.2, -0.15) is 0 Å². The summed E-state index contributed by atoms with van der Waals surface area (Å²) in [6, 6.07) is 0. The van der Waals surface area contributed by atoms with Gasteiger partial charge in [0, 0.05) is 0 Å². The van der Waals surface area contributed by atoms with Crippen molar-refractivity contribution in [3.8, 4) is 0 Å². The Kier molecular flexibility index (Phi) is 12.1. The molecule has 4 heteroatoms. The molecule has 1 unspecified atom stereocenters. The molecule has 1 aliphatic heterocycles. The van der Waals surface area contributed by atoms with Gasteiger partial charge < -0.3 is 0 Å². The Labute approximate surface area is 173 Å². The van der Waals surface area contributed by atoms with Crippen LogP contribution in [0.3, 0.4) is 0 Å². The van der Waals surface area contributed by atoms with Crippen molar-refractivity contribution in [1.29, 1.82) is 0 Å². The van der Waals surface area contributed by atoms with E-state index in [1.54, 1.807) is 0 Å². The third-order valence-corrected chi connectivity index (χ3v) is 20.1. The second-order valence-corrected chi connectivity index (χ2v) is 22.0. The molecular formula is C23H46O3Sn. The van der Waals surface area contributed by atoms with Crippen LogP contribution in [0.4, 0.5) is 0 Å². The van der Waals surface area contributed by atoms with Gasteiger partial charge in [0.05, 0.1) is 0 Å². The maximum absolute atomic E-state index is 6.27. The van der Waals surface area contributed by atoms with Crippen LogP contribution in [0.2, 0.25) is 13.3 Å². The molecular weight excluding hydrogens is 443 g/mol. The molecule has 0 saturated carbocycles. The Morgan fingerprint density at radius 2 is 1.56 bits per heavy atom. The Bertz CT molecular complexity index is 400. The number of hydrogen-bond acceptors (Lipinski definition) is 3. The van der Waals surface area contributed by atoms with Gasteiger partial charge >= 0.3 is 174 Å². The van der Waals surface area contributed by atoms with Crippen LogP contribution in [-0.2, 0) is 14.2 Å². The van der Waals surface area contributed by atoms with Crippen molar-refractivity contribution >= 4 is 18.4 Å². The van der Waals surface area contributed by atoms with Gasteiger partial charge in [0.25, 0.3) is 0 Å². The molecule has 0 aromatic rings. The third kappa shape index (κ3) is 8.75. The van der Waals surface area contributed by atoms with E-state index in [1.165, 1.54) is 51.8 Å². The van der Waals surface area contributed by atoms with Crippen LogP contribution in [0.15, 0.2) is 10.2 Å². The fraction of sp³-hybridized carbons (Fsp3) is 0.913. The van der Waals surface area contributed by atoms with E-state index >= 15 is 0 Å². The first-order valence-corrected chi connectivity index (χ1v) is 19.1. The number of rotatable bonds is 13. The third-order valence-electron chi connectivity index (χ3n) is 5.99. The van der Waals surface area contributed by atoms with Gasteiger partial charge in [0.15, 0.2) is 0 Å².